The molecule has 6 heteroatoms. The molecule has 25 heavy (non-hydrogen) atoms. The fourth-order valence-corrected chi connectivity index (χ4v) is 2.92. The van der Waals surface area contributed by atoms with Crippen molar-refractivity contribution < 1.29 is 14.3 Å². The number of amides is 3. The summed E-state index contributed by atoms with van der Waals surface area (Å²) >= 11 is 0. The van der Waals surface area contributed by atoms with Crippen molar-refractivity contribution in [2.24, 2.45) is 0 Å². The van der Waals surface area contributed by atoms with Crippen LogP contribution in [-0.2, 0) is 4.79 Å². The highest BCUT2D eigenvalue weighted by molar-refractivity contribution is 5.86. The number of carbonyl (C=O) groups excluding carboxylic acids is 2. The van der Waals surface area contributed by atoms with E-state index in [0.717, 1.165) is 24.2 Å². The van der Waals surface area contributed by atoms with E-state index in [2.05, 4.69) is 30.4 Å². The molecule has 1 atom stereocenters. The summed E-state index contributed by atoms with van der Waals surface area (Å²) in [5, 5.41) is 2.77. The van der Waals surface area contributed by atoms with E-state index in [4.69, 9.17) is 4.74 Å². The zero-order valence-electron chi connectivity index (χ0n) is 15.8. The van der Waals surface area contributed by atoms with Crippen LogP contribution in [0.5, 0.6) is 5.75 Å². The SMILES string of the molecule is Cc1ccc(C)c(OC2CCN(C(=O)N[C@@H](C)C(=O)N(C)C)CC2)c1. The van der Waals surface area contributed by atoms with Gasteiger partial charge in [-0.1, -0.05) is 12.1 Å². The van der Waals surface area contributed by atoms with E-state index in [0.29, 0.717) is 13.1 Å². The second-order valence-corrected chi connectivity index (χ2v) is 6.98. The monoisotopic (exact) mass is 347 g/mol. The average Bonchev–Trinajstić information content (AvgIpc) is 2.57. The Morgan fingerprint density at radius 1 is 1.24 bits per heavy atom. The second-order valence-electron chi connectivity index (χ2n) is 6.98. The van der Waals surface area contributed by atoms with Crippen LogP contribution in [0.15, 0.2) is 18.2 Å². The van der Waals surface area contributed by atoms with Gasteiger partial charge in [0.25, 0.3) is 0 Å². The van der Waals surface area contributed by atoms with Crippen molar-refractivity contribution in [2.45, 2.75) is 45.8 Å². The van der Waals surface area contributed by atoms with Gasteiger partial charge in [0, 0.05) is 40.0 Å². The molecule has 0 radical (unpaired) electrons. The Hall–Kier alpha value is -2.24. The minimum atomic E-state index is -0.522. The number of hydrogen-bond donors (Lipinski definition) is 1. The quantitative estimate of drug-likeness (QED) is 0.909. The number of carbonyl (C=O) groups is 2. The van der Waals surface area contributed by atoms with Gasteiger partial charge in [-0.15, -0.1) is 0 Å². The van der Waals surface area contributed by atoms with Crippen molar-refractivity contribution in [2.75, 3.05) is 27.2 Å². The van der Waals surface area contributed by atoms with Crippen molar-refractivity contribution in [1.29, 1.82) is 0 Å². The third-order valence-electron chi connectivity index (χ3n) is 4.52. The zero-order valence-corrected chi connectivity index (χ0v) is 15.8. The lowest BCUT2D eigenvalue weighted by Gasteiger charge is -2.33. The van der Waals surface area contributed by atoms with Crippen LogP contribution in [0.1, 0.15) is 30.9 Å². The summed E-state index contributed by atoms with van der Waals surface area (Å²) in [5.41, 5.74) is 2.30. The third kappa shape index (κ3) is 5.11. The standard InChI is InChI=1S/C19H29N3O3/c1-13-6-7-14(2)17(12-13)25-16-8-10-22(11-9-16)19(24)20-15(3)18(23)21(4)5/h6-7,12,15-16H,8-11H2,1-5H3,(H,20,24)/t15-/m0/s1. The lowest BCUT2D eigenvalue weighted by molar-refractivity contribution is -0.130. The molecule has 1 aromatic carbocycles. The number of nitrogens with one attached hydrogen (secondary N) is 1. The summed E-state index contributed by atoms with van der Waals surface area (Å²) in [7, 11) is 3.36. The number of nitrogens with zero attached hydrogens (tertiary/aromatic N) is 2. The van der Waals surface area contributed by atoms with Crippen LogP contribution >= 0.6 is 0 Å². The Kier molecular flexibility index (Phi) is 6.28. The molecule has 0 aromatic heterocycles. The molecule has 2 rings (SSSR count). The Balaban J connectivity index is 1.84. The second kappa shape index (κ2) is 8.23. The fraction of sp³-hybridized carbons (Fsp3) is 0.579. The van der Waals surface area contributed by atoms with E-state index in [9.17, 15) is 9.59 Å². The molecule has 1 saturated heterocycles. The first-order chi connectivity index (χ1) is 11.8. The van der Waals surface area contributed by atoms with E-state index in [1.54, 1.807) is 25.9 Å². The molecule has 1 aliphatic heterocycles. The lowest BCUT2D eigenvalue weighted by atomic mass is 10.1. The maximum absolute atomic E-state index is 12.3. The molecule has 1 fully saturated rings. The Bertz CT molecular complexity index is 622. The number of urea groups is 1. The van der Waals surface area contributed by atoms with Crippen LogP contribution in [0.25, 0.3) is 0 Å². The third-order valence-corrected chi connectivity index (χ3v) is 4.52. The van der Waals surface area contributed by atoms with Gasteiger partial charge in [0.2, 0.25) is 5.91 Å². The fourth-order valence-electron chi connectivity index (χ4n) is 2.92. The number of hydrogen-bond acceptors (Lipinski definition) is 3. The molecule has 138 valence electrons. The molecule has 0 saturated carbocycles. The Morgan fingerprint density at radius 3 is 2.48 bits per heavy atom. The molecule has 0 aliphatic carbocycles. The van der Waals surface area contributed by atoms with Crippen LogP contribution in [0.4, 0.5) is 4.79 Å². The molecule has 0 bridgehead atoms. The lowest BCUT2D eigenvalue weighted by Crippen LogP contribution is -2.52. The molecular formula is C19H29N3O3. The molecule has 3 amide bonds. The predicted octanol–water partition coefficient (Wildman–Crippen LogP) is 2.33. The van der Waals surface area contributed by atoms with Gasteiger partial charge in [-0.25, -0.2) is 4.79 Å². The normalized spacial score (nSPS) is 16.3. The highest BCUT2D eigenvalue weighted by Gasteiger charge is 2.26. The number of likely N-dealkylation sites (N-methyl/N-ethyl adjacent to an activating group) is 1. The van der Waals surface area contributed by atoms with Gasteiger partial charge < -0.3 is 19.9 Å². The van der Waals surface area contributed by atoms with Crippen molar-refractivity contribution >= 4 is 11.9 Å². The smallest absolute Gasteiger partial charge is 0.318 e. The highest BCUT2D eigenvalue weighted by Crippen LogP contribution is 2.24. The first-order valence-corrected chi connectivity index (χ1v) is 8.78. The number of piperidine rings is 1. The van der Waals surface area contributed by atoms with E-state index >= 15 is 0 Å². The summed E-state index contributed by atoms with van der Waals surface area (Å²) in [4.78, 5) is 27.4. The van der Waals surface area contributed by atoms with E-state index < -0.39 is 6.04 Å². The predicted molar refractivity (Wildman–Crippen MR) is 97.8 cm³/mol. The minimum absolute atomic E-state index is 0.110. The molecule has 1 heterocycles. The van der Waals surface area contributed by atoms with E-state index in [1.807, 2.05) is 6.92 Å². The molecule has 1 aliphatic rings. The number of aryl methyl sites for hydroxylation is 2. The molecule has 1 aromatic rings. The highest BCUT2D eigenvalue weighted by atomic mass is 16.5. The summed E-state index contributed by atoms with van der Waals surface area (Å²) in [6, 6.07) is 5.49. The van der Waals surface area contributed by atoms with Gasteiger partial charge in [0.15, 0.2) is 0 Å². The summed E-state index contributed by atoms with van der Waals surface area (Å²) in [5.74, 6) is 0.814. The summed E-state index contributed by atoms with van der Waals surface area (Å²) in [6.45, 7) is 7.06. The van der Waals surface area contributed by atoms with Crippen molar-refractivity contribution in [3.63, 3.8) is 0 Å². The zero-order chi connectivity index (χ0) is 18.6. The maximum Gasteiger partial charge on any atom is 0.318 e. The van der Waals surface area contributed by atoms with Crippen LogP contribution in [0.2, 0.25) is 0 Å². The first kappa shape index (κ1) is 19.1. The van der Waals surface area contributed by atoms with Crippen LogP contribution in [-0.4, -0.2) is 61.1 Å². The molecule has 0 unspecified atom stereocenters. The minimum Gasteiger partial charge on any atom is -0.490 e. The van der Waals surface area contributed by atoms with Crippen molar-refractivity contribution in [3.05, 3.63) is 29.3 Å². The summed E-state index contributed by atoms with van der Waals surface area (Å²) in [6.07, 6.45) is 1.69. The van der Waals surface area contributed by atoms with Gasteiger partial charge in [-0.3, -0.25) is 4.79 Å². The van der Waals surface area contributed by atoms with E-state index in [1.165, 1.54) is 10.5 Å². The largest absolute Gasteiger partial charge is 0.490 e. The maximum atomic E-state index is 12.3. The van der Waals surface area contributed by atoms with Crippen LogP contribution in [0.3, 0.4) is 0 Å². The molecular weight excluding hydrogens is 318 g/mol. The molecule has 1 N–H and O–H groups in total. The van der Waals surface area contributed by atoms with Crippen molar-refractivity contribution in [3.8, 4) is 5.75 Å². The van der Waals surface area contributed by atoms with Gasteiger partial charge in [0.05, 0.1) is 0 Å². The topological polar surface area (TPSA) is 61.9 Å². The van der Waals surface area contributed by atoms with Gasteiger partial charge in [-0.2, -0.15) is 0 Å². The van der Waals surface area contributed by atoms with Gasteiger partial charge in [0.1, 0.15) is 17.9 Å². The number of likely N-dealkylation sites (tertiary alicyclic amines) is 1. The Morgan fingerprint density at radius 2 is 1.88 bits per heavy atom. The number of benzene rings is 1. The number of ether oxygens (including phenoxy) is 1. The molecule has 6 nitrogen and oxygen atoms in total. The summed E-state index contributed by atoms with van der Waals surface area (Å²) < 4.78 is 6.13. The first-order valence-electron chi connectivity index (χ1n) is 8.78. The van der Waals surface area contributed by atoms with Crippen LogP contribution in [0, 0.1) is 13.8 Å². The van der Waals surface area contributed by atoms with E-state index in [-0.39, 0.29) is 18.0 Å². The van der Waals surface area contributed by atoms with Gasteiger partial charge >= 0.3 is 6.03 Å². The Labute approximate surface area is 150 Å². The molecule has 0 spiro atoms. The number of rotatable bonds is 4. The van der Waals surface area contributed by atoms with Crippen molar-refractivity contribution in [1.82, 2.24) is 15.1 Å². The van der Waals surface area contributed by atoms with Crippen LogP contribution < -0.4 is 10.1 Å². The van der Waals surface area contributed by atoms with Gasteiger partial charge in [-0.05, 0) is 38.0 Å². The average molecular weight is 347 g/mol.